The van der Waals surface area contributed by atoms with Gasteiger partial charge in [-0.1, -0.05) is 35.8 Å². The Balaban J connectivity index is 1.57. The van der Waals surface area contributed by atoms with Crippen molar-refractivity contribution in [3.63, 3.8) is 0 Å². The summed E-state index contributed by atoms with van der Waals surface area (Å²) in [5.41, 5.74) is 3.63. The predicted molar refractivity (Wildman–Crippen MR) is 95.5 cm³/mol. The highest BCUT2D eigenvalue weighted by molar-refractivity contribution is 7.14. The molecule has 2 atom stereocenters. The van der Waals surface area contributed by atoms with Gasteiger partial charge in [0.05, 0.1) is 6.21 Å². The topological polar surface area (TPSA) is 35.8 Å². The van der Waals surface area contributed by atoms with E-state index in [1.165, 1.54) is 56.0 Å². The van der Waals surface area contributed by atoms with Crippen LogP contribution in [0.15, 0.2) is 40.9 Å². The Kier molecular flexibility index (Phi) is 4.19. The zero-order chi connectivity index (χ0) is 15.6. The fourth-order valence-corrected chi connectivity index (χ4v) is 5.07. The monoisotopic (exact) mass is 326 g/mol. The van der Waals surface area contributed by atoms with E-state index in [2.05, 4.69) is 34.3 Å². The molecule has 0 bridgehead atoms. The summed E-state index contributed by atoms with van der Waals surface area (Å²) in [6.07, 6.45) is 8.30. The zero-order valence-electron chi connectivity index (χ0n) is 13.2. The highest BCUT2D eigenvalue weighted by Gasteiger charge is 2.35. The van der Waals surface area contributed by atoms with Crippen LogP contribution in [0, 0.1) is 0 Å². The fraction of sp³-hybridized carbons (Fsp3) is 0.421. The van der Waals surface area contributed by atoms with E-state index in [0.717, 1.165) is 16.5 Å². The Labute approximate surface area is 141 Å². The number of hydrogen-bond acceptors (Lipinski definition) is 4. The Bertz CT molecular complexity index is 692. The largest absolute Gasteiger partial charge is 0.411 e. The molecule has 4 rings (SSSR count). The van der Waals surface area contributed by atoms with Crippen LogP contribution in [0.2, 0.25) is 0 Å². The van der Waals surface area contributed by atoms with E-state index >= 15 is 0 Å². The van der Waals surface area contributed by atoms with Gasteiger partial charge in [0.2, 0.25) is 0 Å². The summed E-state index contributed by atoms with van der Waals surface area (Å²) in [5, 5.41) is 14.0. The van der Waals surface area contributed by atoms with Crippen LogP contribution < -0.4 is 0 Å². The number of nitrogens with zero attached hydrogens (tertiary/aromatic N) is 2. The number of hydrogen-bond donors (Lipinski definition) is 1. The van der Waals surface area contributed by atoms with Crippen LogP contribution in [0.4, 0.5) is 0 Å². The first-order valence-electron chi connectivity index (χ1n) is 8.48. The first-order valence-corrected chi connectivity index (χ1v) is 9.36. The van der Waals surface area contributed by atoms with Crippen LogP contribution in [-0.2, 0) is 0 Å². The maximum absolute atomic E-state index is 8.78. The molecular formula is C19H22N2OS. The van der Waals surface area contributed by atoms with Gasteiger partial charge in [-0.25, -0.2) is 0 Å². The van der Waals surface area contributed by atoms with Crippen LogP contribution in [0.5, 0.6) is 0 Å². The van der Waals surface area contributed by atoms with Crippen LogP contribution in [-0.4, -0.2) is 28.9 Å². The van der Waals surface area contributed by atoms with Crippen LogP contribution >= 0.6 is 11.3 Å². The molecule has 1 aromatic carbocycles. The van der Waals surface area contributed by atoms with Crippen molar-refractivity contribution < 1.29 is 5.21 Å². The average molecular weight is 326 g/mol. The molecule has 2 unspecified atom stereocenters. The molecule has 23 heavy (non-hydrogen) atoms. The molecule has 3 heterocycles. The third kappa shape index (κ3) is 2.81. The molecule has 2 aliphatic heterocycles. The van der Waals surface area contributed by atoms with E-state index in [1.807, 2.05) is 11.4 Å². The van der Waals surface area contributed by atoms with Crippen molar-refractivity contribution >= 4 is 17.6 Å². The molecule has 0 aliphatic carbocycles. The van der Waals surface area contributed by atoms with E-state index < -0.39 is 0 Å². The van der Waals surface area contributed by atoms with Gasteiger partial charge < -0.3 is 5.21 Å². The molecule has 0 spiro atoms. The van der Waals surface area contributed by atoms with Crippen LogP contribution in [0.1, 0.15) is 49.3 Å². The van der Waals surface area contributed by atoms with Crippen LogP contribution in [0.25, 0.3) is 10.4 Å². The number of oxime groups is 1. The first-order chi connectivity index (χ1) is 11.4. The number of rotatable bonds is 3. The molecule has 0 saturated carbocycles. The van der Waals surface area contributed by atoms with E-state index in [9.17, 15) is 0 Å². The second-order valence-electron chi connectivity index (χ2n) is 6.55. The second-order valence-corrected chi connectivity index (χ2v) is 7.47. The molecule has 0 amide bonds. The summed E-state index contributed by atoms with van der Waals surface area (Å²) < 4.78 is 0. The molecular weight excluding hydrogens is 304 g/mol. The minimum Gasteiger partial charge on any atom is -0.411 e. The van der Waals surface area contributed by atoms with Gasteiger partial charge >= 0.3 is 0 Å². The van der Waals surface area contributed by atoms with Crippen molar-refractivity contribution in [1.82, 2.24) is 4.90 Å². The zero-order valence-corrected chi connectivity index (χ0v) is 14.0. The molecule has 2 fully saturated rings. The molecule has 120 valence electrons. The summed E-state index contributed by atoms with van der Waals surface area (Å²) in [4.78, 5) is 3.89. The molecule has 2 aliphatic rings. The van der Waals surface area contributed by atoms with Gasteiger partial charge in [0.25, 0.3) is 0 Å². The van der Waals surface area contributed by atoms with Crippen molar-refractivity contribution in [3.05, 3.63) is 46.8 Å². The molecule has 0 radical (unpaired) electrons. The second kappa shape index (κ2) is 6.46. The smallest absolute Gasteiger partial charge is 0.0748 e. The van der Waals surface area contributed by atoms with E-state index in [4.69, 9.17) is 5.21 Å². The summed E-state index contributed by atoms with van der Waals surface area (Å²) >= 11 is 1.69. The highest BCUT2D eigenvalue weighted by Crippen LogP contribution is 2.41. The minimum atomic E-state index is 0.608. The molecule has 3 nitrogen and oxygen atoms in total. The third-order valence-corrected chi connectivity index (χ3v) is 6.28. The summed E-state index contributed by atoms with van der Waals surface area (Å²) in [6, 6.07) is 12.4. The lowest BCUT2D eigenvalue weighted by molar-refractivity contribution is 0.150. The molecule has 2 saturated heterocycles. The lowest BCUT2D eigenvalue weighted by Crippen LogP contribution is -2.35. The molecule has 2 aromatic rings. The number of benzene rings is 1. The Morgan fingerprint density at radius 1 is 1.09 bits per heavy atom. The maximum atomic E-state index is 8.78. The molecule has 4 heteroatoms. The Hall–Kier alpha value is -1.65. The number of thiophene rings is 1. The van der Waals surface area contributed by atoms with Gasteiger partial charge in [-0.2, -0.15) is 0 Å². The standard InChI is InChI=1S/C19H22N2OS/c22-20-13-16-10-12-23-19(16)15-6-4-14(5-7-15)18-9-8-17-3-1-2-11-21(17)18/h4-7,10,12-13,17-18,22H,1-3,8-9,11H2/b20-13-. The minimum absolute atomic E-state index is 0.608. The predicted octanol–water partition coefficient (Wildman–Crippen LogP) is 4.91. The van der Waals surface area contributed by atoms with Gasteiger partial charge in [0.1, 0.15) is 0 Å². The van der Waals surface area contributed by atoms with Gasteiger partial charge in [0, 0.05) is 22.5 Å². The van der Waals surface area contributed by atoms with E-state index in [1.54, 1.807) is 11.3 Å². The van der Waals surface area contributed by atoms with Gasteiger partial charge in [-0.15, -0.1) is 11.3 Å². The van der Waals surface area contributed by atoms with Gasteiger partial charge in [0.15, 0.2) is 0 Å². The van der Waals surface area contributed by atoms with Crippen molar-refractivity contribution in [3.8, 4) is 10.4 Å². The lowest BCUT2D eigenvalue weighted by Gasteiger charge is -2.34. The maximum Gasteiger partial charge on any atom is 0.0748 e. The third-order valence-electron chi connectivity index (χ3n) is 5.30. The molecule has 1 N–H and O–H groups in total. The van der Waals surface area contributed by atoms with Gasteiger partial charge in [-0.3, -0.25) is 4.90 Å². The Morgan fingerprint density at radius 2 is 1.96 bits per heavy atom. The normalized spacial score (nSPS) is 25.0. The summed E-state index contributed by atoms with van der Waals surface area (Å²) in [7, 11) is 0. The summed E-state index contributed by atoms with van der Waals surface area (Å²) in [5.74, 6) is 0. The SMILES string of the molecule is O/N=C\c1ccsc1-c1ccc(C2CCC3CCCCN32)cc1. The first kappa shape index (κ1) is 14.9. The summed E-state index contributed by atoms with van der Waals surface area (Å²) in [6.45, 7) is 1.26. The van der Waals surface area contributed by atoms with Crippen molar-refractivity contribution in [1.29, 1.82) is 0 Å². The van der Waals surface area contributed by atoms with Crippen molar-refractivity contribution in [2.75, 3.05) is 6.54 Å². The lowest BCUT2D eigenvalue weighted by atomic mass is 10.0. The fourth-order valence-electron chi connectivity index (χ4n) is 4.19. The Morgan fingerprint density at radius 3 is 2.78 bits per heavy atom. The number of fused-ring (bicyclic) bond motifs is 1. The van der Waals surface area contributed by atoms with E-state index in [0.29, 0.717) is 6.04 Å². The van der Waals surface area contributed by atoms with Gasteiger partial charge in [-0.05, 0) is 54.8 Å². The number of piperidine rings is 1. The van der Waals surface area contributed by atoms with Crippen molar-refractivity contribution in [2.24, 2.45) is 5.16 Å². The quantitative estimate of drug-likeness (QED) is 0.494. The van der Waals surface area contributed by atoms with E-state index in [-0.39, 0.29) is 0 Å². The molecule has 1 aromatic heterocycles. The van der Waals surface area contributed by atoms with Crippen LogP contribution in [0.3, 0.4) is 0 Å². The van der Waals surface area contributed by atoms with Crippen molar-refractivity contribution in [2.45, 2.75) is 44.2 Å². The average Bonchev–Trinajstić information content (AvgIpc) is 3.22. The highest BCUT2D eigenvalue weighted by atomic mass is 32.1.